The molecule has 3 aromatic rings. The Morgan fingerprint density at radius 3 is 2.68 bits per heavy atom. The van der Waals surface area contributed by atoms with Crippen molar-refractivity contribution in [3.63, 3.8) is 0 Å². The predicted octanol–water partition coefficient (Wildman–Crippen LogP) is 2.81. The summed E-state index contributed by atoms with van der Waals surface area (Å²) >= 11 is 0. The lowest BCUT2D eigenvalue weighted by Gasteiger charge is -2.12. The largest absolute Gasteiger partial charge is 0.491 e. The van der Waals surface area contributed by atoms with Crippen LogP contribution in [0.25, 0.3) is 11.1 Å². The van der Waals surface area contributed by atoms with Gasteiger partial charge in [0.1, 0.15) is 12.4 Å². The summed E-state index contributed by atoms with van der Waals surface area (Å²) in [5.41, 5.74) is 2.41. The van der Waals surface area contributed by atoms with E-state index in [-0.39, 0.29) is 12.2 Å². The minimum atomic E-state index is -0.545. The number of benzene rings is 1. The molecule has 128 valence electrons. The van der Waals surface area contributed by atoms with E-state index in [1.54, 1.807) is 42.9 Å². The number of H-pyrrole nitrogens is 1. The van der Waals surface area contributed by atoms with E-state index in [2.05, 4.69) is 9.97 Å². The molecular formula is C20H20N2O3. The number of rotatable bonds is 7. The van der Waals surface area contributed by atoms with Crippen molar-refractivity contribution >= 4 is 0 Å². The maximum absolute atomic E-state index is 11.8. The van der Waals surface area contributed by atoms with Gasteiger partial charge in [0.15, 0.2) is 0 Å². The Morgan fingerprint density at radius 1 is 1.12 bits per heavy atom. The van der Waals surface area contributed by atoms with E-state index in [0.717, 1.165) is 17.5 Å². The number of nitrogens with one attached hydrogen (secondary N) is 1. The first-order valence-corrected chi connectivity index (χ1v) is 8.20. The van der Waals surface area contributed by atoms with Crippen LogP contribution >= 0.6 is 0 Å². The van der Waals surface area contributed by atoms with E-state index >= 15 is 0 Å². The Kier molecular flexibility index (Phi) is 5.59. The van der Waals surface area contributed by atoms with Crippen molar-refractivity contribution in [2.24, 2.45) is 0 Å². The Balaban J connectivity index is 1.52. The summed E-state index contributed by atoms with van der Waals surface area (Å²) in [7, 11) is 0. The molecule has 2 heterocycles. The molecule has 0 spiro atoms. The molecule has 2 aromatic heterocycles. The van der Waals surface area contributed by atoms with Crippen molar-refractivity contribution in [3.05, 3.63) is 83.0 Å². The highest BCUT2D eigenvalue weighted by atomic mass is 16.5. The van der Waals surface area contributed by atoms with E-state index in [4.69, 9.17) is 4.74 Å². The molecule has 0 unspecified atom stereocenters. The molecule has 1 aromatic carbocycles. The molecule has 0 radical (unpaired) electrons. The van der Waals surface area contributed by atoms with E-state index in [1.165, 1.54) is 0 Å². The quantitative estimate of drug-likeness (QED) is 0.696. The number of aromatic amines is 1. The number of ether oxygens (including phenoxy) is 1. The molecule has 0 aliphatic rings. The lowest BCUT2D eigenvalue weighted by Crippen LogP contribution is -2.18. The van der Waals surface area contributed by atoms with Crippen LogP contribution in [0.2, 0.25) is 0 Å². The van der Waals surface area contributed by atoms with Crippen molar-refractivity contribution in [1.82, 2.24) is 9.97 Å². The number of aliphatic hydroxyl groups excluding tert-OH is 1. The third-order valence-electron chi connectivity index (χ3n) is 3.91. The van der Waals surface area contributed by atoms with E-state index in [1.807, 2.05) is 24.3 Å². The van der Waals surface area contributed by atoms with Crippen LogP contribution in [0.15, 0.2) is 71.9 Å². The van der Waals surface area contributed by atoms with Gasteiger partial charge in [-0.2, -0.15) is 0 Å². The summed E-state index contributed by atoms with van der Waals surface area (Å²) in [4.78, 5) is 18.5. The van der Waals surface area contributed by atoms with E-state index in [0.29, 0.717) is 17.7 Å². The van der Waals surface area contributed by atoms with Gasteiger partial charge >= 0.3 is 0 Å². The standard InChI is InChI=1S/C20H20N2O3/c23-17(8-5-15-3-1-11-21-13-15)14-25-18-9-6-16(7-10-18)19-4-2-12-22-20(19)24/h1-4,6-7,9-13,17,23H,5,8,14H2,(H,22,24)/t17-/m1/s1. The van der Waals surface area contributed by atoms with Crippen LogP contribution in [0.4, 0.5) is 0 Å². The summed E-state index contributed by atoms with van der Waals surface area (Å²) in [5.74, 6) is 0.663. The Morgan fingerprint density at radius 2 is 1.96 bits per heavy atom. The summed E-state index contributed by atoms with van der Waals surface area (Å²) < 4.78 is 5.63. The molecule has 2 N–H and O–H groups in total. The number of hydrogen-bond acceptors (Lipinski definition) is 4. The second-order valence-electron chi connectivity index (χ2n) is 5.80. The first kappa shape index (κ1) is 16.9. The van der Waals surface area contributed by atoms with E-state index in [9.17, 15) is 9.90 Å². The Bertz CT molecular complexity index is 845. The first-order chi connectivity index (χ1) is 12.2. The zero-order chi connectivity index (χ0) is 17.5. The number of aryl methyl sites for hydroxylation is 1. The average Bonchev–Trinajstić information content (AvgIpc) is 2.66. The number of aliphatic hydroxyl groups is 1. The second kappa shape index (κ2) is 8.26. The molecule has 0 aliphatic heterocycles. The highest BCUT2D eigenvalue weighted by Gasteiger charge is 2.07. The zero-order valence-corrected chi connectivity index (χ0v) is 13.8. The third kappa shape index (κ3) is 4.78. The van der Waals surface area contributed by atoms with Crippen LogP contribution in [0.3, 0.4) is 0 Å². The van der Waals surface area contributed by atoms with Gasteiger partial charge in [0.2, 0.25) is 0 Å². The minimum absolute atomic E-state index is 0.123. The Hall–Kier alpha value is -2.92. The molecular weight excluding hydrogens is 316 g/mol. The van der Waals surface area contributed by atoms with Crippen LogP contribution < -0.4 is 10.3 Å². The topological polar surface area (TPSA) is 75.2 Å². The highest BCUT2D eigenvalue weighted by molar-refractivity contribution is 5.62. The van der Waals surface area contributed by atoms with Gasteiger partial charge in [-0.15, -0.1) is 0 Å². The SMILES string of the molecule is O=c1[nH]cccc1-c1ccc(OC[C@H](O)CCc2cccnc2)cc1. The summed E-state index contributed by atoms with van der Waals surface area (Å²) in [5, 5.41) is 10.0. The number of hydrogen-bond donors (Lipinski definition) is 2. The van der Waals surface area contributed by atoms with Gasteiger partial charge in [-0.3, -0.25) is 9.78 Å². The first-order valence-electron chi connectivity index (χ1n) is 8.20. The molecule has 0 fully saturated rings. The van der Waals surface area contributed by atoms with Crippen LogP contribution in [-0.2, 0) is 6.42 Å². The molecule has 0 aliphatic carbocycles. The maximum atomic E-state index is 11.8. The van der Waals surface area contributed by atoms with E-state index < -0.39 is 6.10 Å². The fourth-order valence-electron chi connectivity index (χ4n) is 2.53. The number of pyridine rings is 2. The van der Waals surface area contributed by atoms with Crippen LogP contribution in [0, 0.1) is 0 Å². The molecule has 3 rings (SSSR count). The highest BCUT2D eigenvalue weighted by Crippen LogP contribution is 2.19. The van der Waals surface area contributed by atoms with Crippen LogP contribution in [0.5, 0.6) is 5.75 Å². The molecule has 0 saturated heterocycles. The van der Waals surface area contributed by atoms with Gasteiger partial charge in [-0.25, -0.2) is 0 Å². The summed E-state index contributed by atoms with van der Waals surface area (Å²) in [6.07, 6.45) is 5.97. The second-order valence-corrected chi connectivity index (χ2v) is 5.80. The minimum Gasteiger partial charge on any atom is -0.491 e. The van der Waals surface area contributed by atoms with Crippen molar-refractivity contribution in [2.45, 2.75) is 18.9 Å². The van der Waals surface area contributed by atoms with Crippen molar-refractivity contribution in [3.8, 4) is 16.9 Å². The zero-order valence-electron chi connectivity index (χ0n) is 13.8. The summed E-state index contributed by atoms with van der Waals surface area (Å²) in [6.45, 7) is 0.228. The monoisotopic (exact) mass is 336 g/mol. The molecule has 0 bridgehead atoms. The Labute approximate surface area is 146 Å². The van der Waals surface area contributed by atoms with Gasteiger partial charge in [0.05, 0.1) is 6.10 Å². The smallest absolute Gasteiger partial charge is 0.255 e. The van der Waals surface area contributed by atoms with Crippen LogP contribution in [0.1, 0.15) is 12.0 Å². The fourth-order valence-corrected chi connectivity index (χ4v) is 2.53. The van der Waals surface area contributed by atoms with Gasteiger partial charge in [-0.05, 0) is 54.3 Å². The van der Waals surface area contributed by atoms with Gasteiger partial charge in [0.25, 0.3) is 5.56 Å². The van der Waals surface area contributed by atoms with Gasteiger partial charge in [-0.1, -0.05) is 18.2 Å². The summed E-state index contributed by atoms with van der Waals surface area (Å²) in [6, 6.07) is 14.7. The number of aromatic nitrogens is 2. The van der Waals surface area contributed by atoms with Crippen molar-refractivity contribution < 1.29 is 9.84 Å². The third-order valence-corrected chi connectivity index (χ3v) is 3.91. The van der Waals surface area contributed by atoms with Crippen molar-refractivity contribution in [2.75, 3.05) is 6.61 Å². The maximum Gasteiger partial charge on any atom is 0.255 e. The molecule has 0 saturated carbocycles. The number of nitrogens with zero attached hydrogens (tertiary/aromatic N) is 1. The lowest BCUT2D eigenvalue weighted by atomic mass is 10.1. The molecule has 1 atom stereocenters. The fraction of sp³-hybridized carbons (Fsp3) is 0.200. The molecule has 5 heteroatoms. The lowest BCUT2D eigenvalue weighted by molar-refractivity contribution is 0.100. The normalized spacial score (nSPS) is 11.9. The molecule has 25 heavy (non-hydrogen) atoms. The van der Waals surface area contributed by atoms with Gasteiger partial charge < -0.3 is 14.8 Å². The van der Waals surface area contributed by atoms with Crippen molar-refractivity contribution in [1.29, 1.82) is 0 Å². The van der Waals surface area contributed by atoms with Gasteiger partial charge in [0, 0.05) is 24.2 Å². The predicted molar refractivity (Wildman–Crippen MR) is 96.6 cm³/mol. The average molecular weight is 336 g/mol. The molecule has 0 amide bonds. The molecule has 5 nitrogen and oxygen atoms in total. The van der Waals surface area contributed by atoms with Crippen LogP contribution in [-0.4, -0.2) is 27.8 Å².